The fourth-order valence-corrected chi connectivity index (χ4v) is 4.67. The fraction of sp³-hybridized carbons (Fsp3) is 0.381. The van der Waals surface area contributed by atoms with E-state index in [1.807, 2.05) is 17.0 Å². The van der Waals surface area contributed by atoms with Crippen molar-refractivity contribution < 1.29 is 13.9 Å². The van der Waals surface area contributed by atoms with Gasteiger partial charge in [-0.3, -0.25) is 14.8 Å². The number of hydrogen-bond donors (Lipinski definition) is 0. The Morgan fingerprint density at radius 2 is 1.97 bits per heavy atom. The number of benzene rings is 1. The summed E-state index contributed by atoms with van der Waals surface area (Å²) in [5.74, 6) is -0.108. The monoisotopic (exact) mass is 393 g/mol. The first-order chi connectivity index (χ1) is 14.1. The molecule has 2 aliphatic rings. The largest absolute Gasteiger partial charge is 0.463 e. The molecule has 1 saturated heterocycles. The molecule has 2 aromatic heterocycles. The Labute approximate surface area is 167 Å². The molecule has 0 bridgehead atoms. The lowest BCUT2D eigenvalue weighted by atomic mass is 9.82. The van der Waals surface area contributed by atoms with Crippen molar-refractivity contribution in [1.29, 1.82) is 0 Å². The second-order valence-electron chi connectivity index (χ2n) is 7.87. The molecule has 7 nitrogen and oxygen atoms in total. The van der Waals surface area contributed by atoms with E-state index in [1.54, 1.807) is 18.5 Å². The lowest BCUT2D eigenvalue weighted by Crippen LogP contribution is -2.35. The highest BCUT2D eigenvalue weighted by Crippen LogP contribution is 2.49. The predicted molar refractivity (Wildman–Crippen MR) is 103 cm³/mol. The number of nitrogens with zero attached hydrogens (tertiary/aromatic N) is 5. The third-order valence-corrected chi connectivity index (χ3v) is 6.13. The first kappa shape index (κ1) is 17.9. The predicted octanol–water partition coefficient (Wildman–Crippen LogP) is 2.88. The van der Waals surface area contributed by atoms with E-state index in [1.165, 1.54) is 0 Å². The van der Waals surface area contributed by atoms with Crippen molar-refractivity contribution in [2.45, 2.75) is 19.3 Å². The van der Waals surface area contributed by atoms with Crippen LogP contribution in [0, 0.1) is 17.2 Å². The number of ether oxygens (including phenoxy) is 1. The maximum absolute atomic E-state index is 13.1. The normalized spacial score (nSPS) is 23.3. The van der Waals surface area contributed by atoms with Crippen LogP contribution in [0.2, 0.25) is 0 Å². The molecule has 0 N–H and O–H groups in total. The quantitative estimate of drug-likeness (QED) is 0.678. The van der Waals surface area contributed by atoms with Gasteiger partial charge in [0.05, 0.1) is 30.0 Å². The molecule has 29 heavy (non-hydrogen) atoms. The molecular weight excluding hydrogens is 373 g/mol. The summed E-state index contributed by atoms with van der Waals surface area (Å²) in [7, 11) is 0. The van der Waals surface area contributed by atoms with Gasteiger partial charge in [0.25, 0.3) is 5.91 Å². The molecule has 8 heteroatoms. The van der Waals surface area contributed by atoms with Crippen molar-refractivity contribution in [2.75, 3.05) is 19.7 Å². The molecule has 1 aliphatic carbocycles. The van der Waals surface area contributed by atoms with E-state index < -0.39 is 5.82 Å². The number of hydrogen-bond acceptors (Lipinski definition) is 6. The number of rotatable bonds is 4. The van der Waals surface area contributed by atoms with Crippen LogP contribution in [0.25, 0.3) is 11.0 Å². The number of likely N-dealkylation sites (tertiary alicyclic amines) is 1. The van der Waals surface area contributed by atoms with Gasteiger partial charge in [0.15, 0.2) is 5.82 Å². The van der Waals surface area contributed by atoms with Gasteiger partial charge in [-0.05, 0) is 37.0 Å². The highest BCUT2D eigenvalue weighted by atomic mass is 19.1. The molecule has 148 valence electrons. The average Bonchev–Trinajstić information content (AvgIpc) is 3.30. The highest BCUT2D eigenvalue weighted by molar-refractivity contribution is 5.97. The molecule has 0 radical (unpaired) electrons. The van der Waals surface area contributed by atoms with E-state index in [2.05, 4.69) is 19.9 Å². The zero-order valence-corrected chi connectivity index (χ0v) is 15.8. The minimum atomic E-state index is -0.494. The third-order valence-electron chi connectivity index (χ3n) is 6.13. The molecule has 2 unspecified atom stereocenters. The number of aromatic nitrogens is 4. The zero-order chi connectivity index (χ0) is 19.8. The van der Waals surface area contributed by atoms with Gasteiger partial charge in [-0.15, -0.1) is 0 Å². The molecule has 2 atom stereocenters. The van der Waals surface area contributed by atoms with Crippen molar-refractivity contribution in [3.05, 3.63) is 54.4 Å². The van der Waals surface area contributed by atoms with Gasteiger partial charge >= 0.3 is 6.01 Å². The summed E-state index contributed by atoms with van der Waals surface area (Å²) in [6, 6.07) is 5.61. The molecule has 1 saturated carbocycles. The summed E-state index contributed by atoms with van der Waals surface area (Å²) in [6.45, 7) is 1.78. The van der Waals surface area contributed by atoms with Crippen molar-refractivity contribution in [3.63, 3.8) is 0 Å². The molecule has 0 spiro atoms. The average molecular weight is 393 g/mol. The van der Waals surface area contributed by atoms with Gasteiger partial charge in [0.1, 0.15) is 0 Å². The zero-order valence-electron chi connectivity index (χ0n) is 15.8. The summed E-state index contributed by atoms with van der Waals surface area (Å²) in [6.07, 6.45) is 8.64. The van der Waals surface area contributed by atoms with Crippen LogP contribution >= 0.6 is 0 Å². The van der Waals surface area contributed by atoms with Gasteiger partial charge in [-0.2, -0.15) is 0 Å². The molecule has 3 aromatic rings. The van der Waals surface area contributed by atoms with Crippen LogP contribution < -0.4 is 4.74 Å². The standard InChI is InChI=1S/C21H20FN5O2/c22-16-9-25-20(26-10-16)29-13-21-5-1-2-15(21)11-27(12-21)19(28)14-3-4-17-18(8-14)24-7-6-23-17/h3-4,6-10,15H,1-2,5,11-13H2. The minimum absolute atomic E-state index is 0.00404. The molecule has 1 aliphatic heterocycles. The fourth-order valence-electron chi connectivity index (χ4n) is 4.67. The number of amides is 1. The van der Waals surface area contributed by atoms with E-state index in [-0.39, 0.29) is 17.3 Å². The molecule has 1 aromatic carbocycles. The summed E-state index contributed by atoms with van der Waals surface area (Å²) in [5.41, 5.74) is 2.00. The summed E-state index contributed by atoms with van der Waals surface area (Å²) in [4.78, 5) is 31.4. The first-order valence-electron chi connectivity index (χ1n) is 9.73. The number of carbonyl (C=O) groups excluding carboxylic acids is 1. The van der Waals surface area contributed by atoms with Gasteiger partial charge < -0.3 is 9.64 Å². The second-order valence-corrected chi connectivity index (χ2v) is 7.87. The maximum Gasteiger partial charge on any atom is 0.316 e. The molecular formula is C21H20FN5O2. The van der Waals surface area contributed by atoms with Crippen LogP contribution in [0.4, 0.5) is 4.39 Å². The van der Waals surface area contributed by atoms with Gasteiger partial charge in [-0.1, -0.05) is 6.42 Å². The Hall–Kier alpha value is -3.16. The Bertz CT molecular complexity index is 1060. The van der Waals surface area contributed by atoms with Crippen LogP contribution in [0.1, 0.15) is 29.6 Å². The van der Waals surface area contributed by atoms with Gasteiger partial charge in [-0.25, -0.2) is 14.4 Å². The summed E-state index contributed by atoms with van der Waals surface area (Å²) in [5, 5.41) is 0. The van der Waals surface area contributed by atoms with E-state index >= 15 is 0 Å². The lowest BCUT2D eigenvalue weighted by Gasteiger charge is -2.28. The van der Waals surface area contributed by atoms with E-state index in [4.69, 9.17) is 4.74 Å². The Kier molecular flexibility index (Phi) is 4.34. The van der Waals surface area contributed by atoms with Crippen molar-refractivity contribution in [3.8, 4) is 6.01 Å². The summed E-state index contributed by atoms with van der Waals surface area (Å²) >= 11 is 0. The van der Waals surface area contributed by atoms with Gasteiger partial charge in [0.2, 0.25) is 0 Å². The van der Waals surface area contributed by atoms with E-state index in [0.29, 0.717) is 36.7 Å². The maximum atomic E-state index is 13.1. The van der Waals surface area contributed by atoms with Crippen molar-refractivity contribution in [2.24, 2.45) is 11.3 Å². The lowest BCUT2D eigenvalue weighted by molar-refractivity contribution is 0.0742. The number of carbonyl (C=O) groups is 1. The van der Waals surface area contributed by atoms with Gasteiger partial charge in [0, 0.05) is 36.5 Å². The molecule has 1 amide bonds. The Morgan fingerprint density at radius 1 is 1.17 bits per heavy atom. The van der Waals surface area contributed by atoms with Crippen LogP contribution in [0.3, 0.4) is 0 Å². The molecule has 5 rings (SSSR count). The first-order valence-corrected chi connectivity index (χ1v) is 9.73. The smallest absolute Gasteiger partial charge is 0.316 e. The number of fused-ring (bicyclic) bond motifs is 2. The molecule has 3 heterocycles. The minimum Gasteiger partial charge on any atom is -0.463 e. The van der Waals surface area contributed by atoms with Crippen LogP contribution in [-0.2, 0) is 0 Å². The van der Waals surface area contributed by atoms with Crippen LogP contribution in [0.15, 0.2) is 43.0 Å². The number of halogens is 1. The topological polar surface area (TPSA) is 81.1 Å². The highest BCUT2D eigenvalue weighted by Gasteiger charge is 2.51. The van der Waals surface area contributed by atoms with E-state index in [0.717, 1.165) is 37.2 Å². The van der Waals surface area contributed by atoms with Crippen molar-refractivity contribution >= 4 is 16.9 Å². The SMILES string of the molecule is O=C(c1ccc2nccnc2c1)N1CC2CCCC2(COc2ncc(F)cn2)C1. The van der Waals surface area contributed by atoms with Crippen LogP contribution in [-0.4, -0.2) is 50.4 Å². The third kappa shape index (κ3) is 3.28. The summed E-state index contributed by atoms with van der Waals surface area (Å²) < 4.78 is 18.8. The Balaban J connectivity index is 1.33. The Morgan fingerprint density at radius 3 is 2.79 bits per heavy atom. The second kappa shape index (κ2) is 7.02. The van der Waals surface area contributed by atoms with Crippen LogP contribution in [0.5, 0.6) is 6.01 Å². The molecule has 2 fully saturated rings. The van der Waals surface area contributed by atoms with E-state index in [9.17, 15) is 9.18 Å². The van der Waals surface area contributed by atoms with Crippen molar-refractivity contribution in [1.82, 2.24) is 24.8 Å².